The van der Waals surface area contributed by atoms with Crippen molar-refractivity contribution in [3.05, 3.63) is 10.7 Å². The second kappa shape index (κ2) is 4.20. The molecular weight excluding hydrogens is 302 g/mol. The lowest BCUT2D eigenvalue weighted by Gasteiger charge is -2.40. The molecule has 0 unspecified atom stereocenters. The van der Waals surface area contributed by atoms with E-state index in [1.165, 1.54) is 4.90 Å². The second-order valence-electron chi connectivity index (χ2n) is 4.44. The van der Waals surface area contributed by atoms with Crippen LogP contribution in [0.3, 0.4) is 0 Å². The Labute approximate surface area is 112 Å². The molecule has 96 valence electrons. The van der Waals surface area contributed by atoms with Crippen LogP contribution in [0.25, 0.3) is 0 Å². The van der Waals surface area contributed by atoms with Gasteiger partial charge in [0.2, 0.25) is 11.9 Å². The lowest BCUT2D eigenvalue weighted by atomic mass is 9.99. The van der Waals surface area contributed by atoms with E-state index in [1.807, 2.05) is 0 Å². The van der Waals surface area contributed by atoms with Crippen LogP contribution in [0.1, 0.15) is 13.8 Å². The Morgan fingerprint density at radius 2 is 2.11 bits per heavy atom. The summed E-state index contributed by atoms with van der Waals surface area (Å²) in [5.41, 5.74) is 4.72. The third-order valence-corrected chi connectivity index (χ3v) is 3.14. The van der Waals surface area contributed by atoms with Crippen LogP contribution >= 0.6 is 15.9 Å². The quantitative estimate of drug-likeness (QED) is 0.561. The van der Waals surface area contributed by atoms with Crippen molar-refractivity contribution in [2.45, 2.75) is 19.4 Å². The molecule has 7 nitrogen and oxygen atoms in total. The van der Waals surface area contributed by atoms with E-state index in [0.717, 1.165) is 0 Å². The number of anilines is 2. The summed E-state index contributed by atoms with van der Waals surface area (Å²) < 4.78 is 0.499. The number of halogens is 1. The Balaban J connectivity index is 2.46. The fourth-order valence-electron chi connectivity index (χ4n) is 1.65. The summed E-state index contributed by atoms with van der Waals surface area (Å²) in [6.45, 7) is 3.39. The van der Waals surface area contributed by atoms with Crippen molar-refractivity contribution in [3.63, 3.8) is 0 Å². The van der Waals surface area contributed by atoms with E-state index in [1.54, 1.807) is 19.9 Å². The molecule has 2 heterocycles. The van der Waals surface area contributed by atoms with E-state index < -0.39 is 5.54 Å². The number of rotatable bonds is 1. The van der Waals surface area contributed by atoms with E-state index in [-0.39, 0.29) is 30.1 Å². The lowest BCUT2D eigenvalue weighted by Crippen LogP contribution is -2.64. The molecule has 18 heavy (non-hydrogen) atoms. The van der Waals surface area contributed by atoms with Crippen molar-refractivity contribution < 1.29 is 9.59 Å². The fourth-order valence-corrected chi connectivity index (χ4v) is 2.04. The molecule has 8 heteroatoms. The van der Waals surface area contributed by atoms with Crippen molar-refractivity contribution >= 4 is 39.5 Å². The number of imide groups is 1. The van der Waals surface area contributed by atoms with Gasteiger partial charge in [-0.15, -0.1) is 0 Å². The average molecular weight is 314 g/mol. The van der Waals surface area contributed by atoms with E-state index in [2.05, 4.69) is 31.2 Å². The van der Waals surface area contributed by atoms with Crippen molar-refractivity contribution in [1.82, 2.24) is 15.3 Å². The second-order valence-corrected chi connectivity index (χ2v) is 5.25. The molecule has 2 rings (SSSR count). The summed E-state index contributed by atoms with van der Waals surface area (Å²) >= 11 is 3.20. The van der Waals surface area contributed by atoms with Crippen molar-refractivity contribution in [3.8, 4) is 0 Å². The van der Waals surface area contributed by atoms with Crippen LogP contribution in [0.5, 0.6) is 0 Å². The Bertz CT molecular complexity index is 511. The first kappa shape index (κ1) is 12.7. The minimum Gasteiger partial charge on any atom is -0.383 e. The summed E-state index contributed by atoms with van der Waals surface area (Å²) in [5, 5.41) is 2.28. The Morgan fingerprint density at radius 3 is 2.72 bits per heavy atom. The first-order valence-electron chi connectivity index (χ1n) is 5.22. The fraction of sp³-hybridized carbons (Fsp3) is 0.400. The smallest absolute Gasteiger partial charge is 0.252 e. The Hall–Kier alpha value is -1.70. The molecule has 0 saturated carbocycles. The van der Waals surface area contributed by atoms with Crippen LogP contribution in [0.4, 0.5) is 11.8 Å². The monoisotopic (exact) mass is 313 g/mol. The highest BCUT2D eigenvalue weighted by Gasteiger charge is 2.42. The number of nitrogens with two attached hydrogens (primary N) is 1. The molecule has 1 aromatic rings. The zero-order valence-electron chi connectivity index (χ0n) is 9.90. The maximum atomic E-state index is 11.8. The largest absolute Gasteiger partial charge is 0.383 e. The highest BCUT2D eigenvalue weighted by Crippen LogP contribution is 2.25. The van der Waals surface area contributed by atoms with Gasteiger partial charge in [-0.05, 0) is 29.8 Å². The van der Waals surface area contributed by atoms with Gasteiger partial charge in [-0.1, -0.05) is 0 Å². The van der Waals surface area contributed by atoms with Gasteiger partial charge in [0, 0.05) is 6.07 Å². The van der Waals surface area contributed by atoms with Crippen LogP contribution in [0.2, 0.25) is 0 Å². The van der Waals surface area contributed by atoms with Gasteiger partial charge < -0.3 is 10.6 Å². The predicted molar refractivity (Wildman–Crippen MR) is 68.7 cm³/mol. The molecular formula is C10H12BrN5O2. The topological polar surface area (TPSA) is 101 Å². The van der Waals surface area contributed by atoms with Gasteiger partial charge in [-0.3, -0.25) is 14.9 Å². The summed E-state index contributed by atoms with van der Waals surface area (Å²) in [7, 11) is 0. The van der Waals surface area contributed by atoms with Gasteiger partial charge in [-0.2, -0.15) is 4.98 Å². The Morgan fingerprint density at radius 1 is 1.44 bits per heavy atom. The van der Waals surface area contributed by atoms with Crippen LogP contribution in [-0.2, 0) is 9.59 Å². The number of carbonyl (C=O) groups excluding carboxylic acids is 2. The van der Waals surface area contributed by atoms with Crippen LogP contribution in [-0.4, -0.2) is 33.9 Å². The molecule has 0 aliphatic carbocycles. The standard InChI is InChI=1S/C10H12BrN5O2/c1-10(2)8(18)15-7(17)4-16(10)9-13-5(11)3-6(12)14-9/h3H,4H2,1-2H3,(H2,12,13,14)(H,15,17,18). The number of piperazine rings is 1. The van der Waals surface area contributed by atoms with Crippen molar-refractivity contribution in [1.29, 1.82) is 0 Å². The molecule has 0 atom stereocenters. The minimum atomic E-state index is -0.916. The molecule has 1 aromatic heterocycles. The molecule has 0 radical (unpaired) electrons. The number of hydrogen-bond acceptors (Lipinski definition) is 6. The van der Waals surface area contributed by atoms with E-state index >= 15 is 0 Å². The van der Waals surface area contributed by atoms with Crippen molar-refractivity contribution in [2.75, 3.05) is 17.2 Å². The third-order valence-electron chi connectivity index (χ3n) is 2.73. The van der Waals surface area contributed by atoms with Gasteiger partial charge in [0.1, 0.15) is 22.5 Å². The van der Waals surface area contributed by atoms with Gasteiger partial charge in [0.05, 0.1) is 0 Å². The summed E-state index contributed by atoms with van der Waals surface area (Å²) in [6, 6.07) is 1.54. The third kappa shape index (κ3) is 2.15. The summed E-state index contributed by atoms with van der Waals surface area (Å²) in [5.74, 6) is -0.265. The zero-order valence-corrected chi connectivity index (χ0v) is 11.5. The molecule has 1 saturated heterocycles. The van der Waals surface area contributed by atoms with Gasteiger partial charge in [0.15, 0.2) is 0 Å². The zero-order chi connectivity index (χ0) is 13.5. The van der Waals surface area contributed by atoms with Crippen LogP contribution in [0.15, 0.2) is 10.7 Å². The maximum Gasteiger partial charge on any atom is 0.252 e. The molecule has 1 aliphatic heterocycles. The normalized spacial score (nSPS) is 18.7. The van der Waals surface area contributed by atoms with Crippen LogP contribution in [0, 0.1) is 0 Å². The molecule has 2 amide bonds. The average Bonchev–Trinajstić information content (AvgIpc) is 2.22. The number of carbonyl (C=O) groups is 2. The number of aromatic nitrogens is 2. The van der Waals surface area contributed by atoms with E-state index in [4.69, 9.17) is 5.73 Å². The maximum absolute atomic E-state index is 11.8. The summed E-state index contributed by atoms with van der Waals surface area (Å²) in [4.78, 5) is 33.0. The van der Waals surface area contributed by atoms with Crippen molar-refractivity contribution in [2.24, 2.45) is 0 Å². The number of amides is 2. The molecule has 0 bridgehead atoms. The van der Waals surface area contributed by atoms with Gasteiger partial charge in [-0.25, -0.2) is 4.98 Å². The number of nitrogens with one attached hydrogen (secondary N) is 1. The first-order chi connectivity index (χ1) is 8.30. The summed E-state index contributed by atoms with van der Waals surface area (Å²) in [6.07, 6.45) is 0. The molecule has 1 aliphatic rings. The number of nitrogens with zero attached hydrogens (tertiary/aromatic N) is 3. The molecule has 0 aromatic carbocycles. The minimum absolute atomic E-state index is 0.00856. The van der Waals surface area contributed by atoms with Gasteiger partial charge in [0.25, 0.3) is 5.91 Å². The molecule has 1 fully saturated rings. The highest BCUT2D eigenvalue weighted by molar-refractivity contribution is 9.10. The first-order valence-corrected chi connectivity index (χ1v) is 6.02. The SMILES string of the molecule is CC1(C)C(=O)NC(=O)CN1c1nc(N)cc(Br)n1. The lowest BCUT2D eigenvalue weighted by molar-refractivity contribution is -0.135. The van der Waals surface area contributed by atoms with E-state index in [9.17, 15) is 9.59 Å². The predicted octanol–water partition coefficient (Wildman–Crippen LogP) is 0.0627. The molecule has 3 N–H and O–H groups in total. The highest BCUT2D eigenvalue weighted by atomic mass is 79.9. The molecule has 0 spiro atoms. The number of nitrogen functional groups attached to an aromatic ring is 1. The van der Waals surface area contributed by atoms with E-state index in [0.29, 0.717) is 4.60 Å². The van der Waals surface area contributed by atoms with Gasteiger partial charge >= 0.3 is 0 Å². The number of hydrogen-bond donors (Lipinski definition) is 2. The van der Waals surface area contributed by atoms with Crippen LogP contribution < -0.4 is 16.0 Å². The Kier molecular flexibility index (Phi) is 2.97.